The summed E-state index contributed by atoms with van der Waals surface area (Å²) in [4.78, 5) is 17.4. The van der Waals surface area contributed by atoms with Crippen LogP contribution in [0.1, 0.15) is 33.7 Å². The Morgan fingerprint density at radius 3 is 2.86 bits per heavy atom. The number of carbonyl (C=O) groups is 1. The van der Waals surface area contributed by atoms with Gasteiger partial charge in [-0.1, -0.05) is 6.92 Å². The standard InChI is InChI=1S/C15H19N3O2S/c1-4-5-13-17-9(2)14(21-13)15(19)18-10-6-7-12(20-3)11(16)8-10/h6-8H,4-5,16H2,1-3H3,(H,18,19). The smallest absolute Gasteiger partial charge is 0.267 e. The van der Waals surface area contributed by atoms with E-state index in [4.69, 9.17) is 10.5 Å². The number of amides is 1. The Labute approximate surface area is 128 Å². The molecule has 0 aliphatic heterocycles. The first-order chi connectivity index (χ1) is 10.0. The molecule has 6 heteroatoms. The van der Waals surface area contributed by atoms with E-state index in [0.29, 0.717) is 22.0 Å². The van der Waals surface area contributed by atoms with E-state index in [9.17, 15) is 4.79 Å². The minimum Gasteiger partial charge on any atom is -0.495 e. The van der Waals surface area contributed by atoms with Crippen LogP contribution in [0.2, 0.25) is 0 Å². The van der Waals surface area contributed by atoms with Gasteiger partial charge in [-0.3, -0.25) is 4.79 Å². The zero-order valence-corrected chi connectivity index (χ0v) is 13.2. The number of ether oxygens (including phenoxy) is 1. The molecule has 0 bridgehead atoms. The summed E-state index contributed by atoms with van der Waals surface area (Å²) in [5, 5.41) is 3.84. The summed E-state index contributed by atoms with van der Waals surface area (Å²) in [6, 6.07) is 5.17. The van der Waals surface area contributed by atoms with Gasteiger partial charge in [-0.05, 0) is 38.0 Å². The van der Waals surface area contributed by atoms with Gasteiger partial charge < -0.3 is 15.8 Å². The fourth-order valence-corrected chi connectivity index (χ4v) is 3.05. The van der Waals surface area contributed by atoms with Crippen molar-refractivity contribution in [2.75, 3.05) is 18.2 Å². The molecule has 1 aromatic heterocycles. The number of benzene rings is 1. The van der Waals surface area contributed by atoms with Crippen molar-refractivity contribution >= 4 is 28.6 Å². The Morgan fingerprint density at radius 1 is 1.48 bits per heavy atom. The quantitative estimate of drug-likeness (QED) is 0.831. The average Bonchev–Trinajstić information content (AvgIpc) is 2.80. The highest BCUT2D eigenvalue weighted by atomic mass is 32.1. The maximum absolute atomic E-state index is 12.3. The SMILES string of the molecule is CCCc1nc(C)c(C(=O)Nc2ccc(OC)c(N)c2)s1. The van der Waals surface area contributed by atoms with Crippen molar-refractivity contribution in [1.29, 1.82) is 0 Å². The lowest BCUT2D eigenvalue weighted by atomic mass is 10.2. The maximum Gasteiger partial charge on any atom is 0.267 e. The van der Waals surface area contributed by atoms with E-state index >= 15 is 0 Å². The average molecular weight is 305 g/mol. The lowest BCUT2D eigenvalue weighted by molar-refractivity contribution is 0.103. The molecular weight excluding hydrogens is 286 g/mol. The van der Waals surface area contributed by atoms with Crippen LogP contribution in [0.25, 0.3) is 0 Å². The van der Waals surface area contributed by atoms with Crippen LogP contribution >= 0.6 is 11.3 Å². The zero-order chi connectivity index (χ0) is 15.4. The molecule has 2 aromatic rings. The number of nitrogen functional groups attached to an aromatic ring is 1. The van der Waals surface area contributed by atoms with Gasteiger partial charge in [-0.15, -0.1) is 11.3 Å². The van der Waals surface area contributed by atoms with Gasteiger partial charge in [0.1, 0.15) is 10.6 Å². The maximum atomic E-state index is 12.3. The third-order valence-corrected chi connectivity index (χ3v) is 4.21. The van der Waals surface area contributed by atoms with Crippen LogP contribution in [0.15, 0.2) is 18.2 Å². The Kier molecular flexibility index (Phi) is 4.80. The van der Waals surface area contributed by atoms with Crippen molar-refractivity contribution in [2.24, 2.45) is 0 Å². The minimum atomic E-state index is -0.156. The van der Waals surface area contributed by atoms with Crippen LogP contribution in [0.5, 0.6) is 5.75 Å². The predicted molar refractivity (Wildman–Crippen MR) is 86.2 cm³/mol. The van der Waals surface area contributed by atoms with Crippen LogP contribution in [0.3, 0.4) is 0 Å². The summed E-state index contributed by atoms with van der Waals surface area (Å²) in [5.41, 5.74) is 7.73. The van der Waals surface area contributed by atoms with E-state index in [1.807, 2.05) is 6.92 Å². The Balaban J connectivity index is 2.16. The molecule has 0 atom stereocenters. The largest absolute Gasteiger partial charge is 0.495 e. The number of aryl methyl sites for hydroxylation is 2. The van der Waals surface area contributed by atoms with Crippen LogP contribution in [0, 0.1) is 6.92 Å². The van der Waals surface area contributed by atoms with E-state index < -0.39 is 0 Å². The molecule has 5 nitrogen and oxygen atoms in total. The lowest BCUT2D eigenvalue weighted by Gasteiger charge is -2.08. The fourth-order valence-electron chi connectivity index (χ4n) is 1.98. The first kappa shape index (κ1) is 15.3. The Bertz CT molecular complexity index is 652. The lowest BCUT2D eigenvalue weighted by Crippen LogP contribution is -2.11. The first-order valence-electron chi connectivity index (χ1n) is 6.76. The van der Waals surface area contributed by atoms with Crippen LogP contribution in [0.4, 0.5) is 11.4 Å². The third-order valence-electron chi connectivity index (χ3n) is 3.00. The van der Waals surface area contributed by atoms with Crippen molar-refractivity contribution < 1.29 is 9.53 Å². The van der Waals surface area contributed by atoms with Crippen LogP contribution < -0.4 is 15.8 Å². The molecule has 21 heavy (non-hydrogen) atoms. The van der Waals surface area contributed by atoms with Gasteiger partial charge in [0.2, 0.25) is 0 Å². The van der Waals surface area contributed by atoms with E-state index in [-0.39, 0.29) is 5.91 Å². The number of nitrogens with one attached hydrogen (secondary N) is 1. The van der Waals surface area contributed by atoms with Crippen molar-refractivity contribution in [3.8, 4) is 5.75 Å². The molecule has 112 valence electrons. The van der Waals surface area contributed by atoms with Gasteiger partial charge in [0.05, 0.1) is 23.5 Å². The van der Waals surface area contributed by atoms with Gasteiger partial charge in [0.25, 0.3) is 5.91 Å². The summed E-state index contributed by atoms with van der Waals surface area (Å²) < 4.78 is 5.09. The topological polar surface area (TPSA) is 77.2 Å². The summed E-state index contributed by atoms with van der Waals surface area (Å²) in [6.07, 6.45) is 1.91. The second-order valence-electron chi connectivity index (χ2n) is 4.68. The third kappa shape index (κ3) is 3.52. The van der Waals surface area contributed by atoms with Crippen molar-refractivity contribution in [2.45, 2.75) is 26.7 Å². The summed E-state index contributed by atoms with van der Waals surface area (Å²) in [7, 11) is 1.56. The molecule has 0 aliphatic rings. The summed E-state index contributed by atoms with van der Waals surface area (Å²) >= 11 is 1.44. The first-order valence-corrected chi connectivity index (χ1v) is 7.58. The molecule has 0 saturated heterocycles. The number of carbonyl (C=O) groups excluding carboxylic acids is 1. The number of hydrogen-bond donors (Lipinski definition) is 2. The predicted octanol–water partition coefficient (Wildman–Crippen LogP) is 3.25. The molecule has 0 radical (unpaired) electrons. The second kappa shape index (κ2) is 6.58. The molecule has 0 fully saturated rings. The van der Waals surface area contributed by atoms with Crippen molar-refractivity contribution in [1.82, 2.24) is 4.98 Å². The van der Waals surface area contributed by atoms with Crippen molar-refractivity contribution in [3.63, 3.8) is 0 Å². The number of aromatic nitrogens is 1. The summed E-state index contributed by atoms with van der Waals surface area (Å²) in [6.45, 7) is 3.95. The van der Waals surface area contributed by atoms with E-state index in [2.05, 4.69) is 17.2 Å². The molecule has 1 aromatic carbocycles. The highest BCUT2D eigenvalue weighted by Gasteiger charge is 2.15. The number of anilines is 2. The minimum absolute atomic E-state index is 0.156. The van der Waals surface area contributed by atoms with Gasteiger partial charge >= 0.3 is 0 Å². The van der Waals surface area contributed by atoms with E-state index in [0.717, 1.165) is 23.5 Å². The Morgan fingerprint density at radius 2 is 2.24 bits per heavy atom. The van der Waals surface area contributed by atoms with Crippen LogP contribution in [-0.4, -0.2) is 18.0 Å². The van der Waals surface area contributed by atoms with Gasteiger partial charge in [0, 0.05) is 5.69 Å². The molecule has 0 unspecified atom stereocenters. The van der Waals surface area contributed by atoms with Gasteiger partial charge in [0.15, 0.2) is 0 Å². The molecule has 2 rings (SSSR count). The molecule has 1 heterocycles. The van der Waals surface area contributed by atoms with Crippen LogP contribution in [-0.2, 0) is 6.42 Å². The zero-order valence-electron chi connectivity index (χ0n) is 12.4. The molecule has 0 saturated carbocycles. The fraction of sp³-hybridized carbons (Fsp3) is 0.333. The highest BCUT2D eigenvalue weighted by molar-refractivity contribution is 7.13. The van der Waals surface area contributed by atoms with E-state index in [1.165, 1.54) is 11.3 Å². The van der Waals surface area contributed by atoms with Crippen molar-refractivity contribution in [3.05, 3.63) is 33.8 Å². The molecule has 0 spiro atoms. The molecule has 0 aliphatic carbocycles. The molecule has 3 N–H and O–H groups in total. The monoisotopic (exact) mass is 305 g/mol. The number of methoxy groups -OCH3 is 1. The molecule has 1 amide bonds. The normalized spacial score (nSPS) is 10.4. The van der Waals surface area contributed by atoms with Gasteiger partial charge in [-0.25, -0.2) is 4.98 Å². The number of nitrogens with zero attached hydrogens (tertiary/aromatic N) is 1. The van der Waals surface area contributed by atoms with Gasteiger partial charge in [-0.2, -0.15) is 0 Å². The highest BCUT2D eigenvalue weighted by Crippen LogP contribution is 2.26. The number of thiazole rings is 1. The number of rotatable bonds is 5. The van der Waals surface area contributed by atoms with E-state index in [1.54, 1.807) is 25.3 Å². The summed E-state index contributed by atoms with van der Waals surface area (Å²) in [5.74, 6) is 0.434. The number of hydrogen-bond acceptors (Lipinski definition) is 5. The number of nitrogens with two attached hydrogens (primary N) is 1. The second-order valence-corrected chi connectivity index (χ2v) is 5.77. The molecular formula is C15H19N3O2S. The Hall–Kier alpha value is -2.08.